The molecule has 43 heavy (non-hydrogen) atoms. The fraction of sp³-hybridized carbons (Fsp3) is 1.00. The van der Waals surface area contributed by atoms with Crippen LogP contribution in [0.15, 0.2) is 0 Å². The number of hydrogen-bond acceptors (Lipinski definition) is 3. The molecular weight excluding hydrogens is 524 g/mol. The predicted octanol–water partition coefficient (Wildman–Crippen LogP) is 12.6. The van der Waals surface area contributed by atoms with E-state index in [9.17, 15) is 0 Å². The molecule has 0 heterocycles. The molecule has 0 aliphatic carbocycles. The van der Waals surface area contributed by atoms with Crippen LogP contribution in [0.25, 0.3) is 0 Å². The van der Waals surface area contributed by atoms with E-state index in [2.05, 4.69) is 92.9 Å². The molecule has 0 saturated carbocycles. The molecule has 0 saturated heterocycles. The van der Waals surface area contributed by atoms with E-state index < -0.39 is 0 Å². The minimum Gasteiger partial charge on any atom is -0.372 e. The first-order valence-corrected chi connectivity index (χ1v) is 19.8. The van der Waals surface area contributed by atoms with E-state index in [4.69, 9.17) is 4.74 Å². The zero-order chi connectivity index (χ0) is 32.6. The van der Waals surface area contributed by atoms with Gasteiger partial charge in [-0.3, -0.25) is 9.80 Å². The largest absolute Gasteiger partial charge is 0.372 e. The lowest BCUT2D eigenvalue weighted by molar-refractivity contribution is -0.113. The number of ether oxygens (including phenoxy) is 1. The maximum Gasteiger partial charge on any atom is 0.0732 e. The number of hydrogen-bond donors (Lipinski definition) is 0. The van der Waals surface area contributed by atoms with Gasteiger partial charge in [0.25, 0.3) is 0 Å². The van der Waals surface area contributed by atoms with Crippen LogP contribution in [-0.2, 0) is 4.74 Å². The van der Waals surface area contributed by atoms with E-state index in [0.717, 1.165) is 12.8 Å². The Labute approximate surface area is 274 Å². The Bertz CT molecular complexity index is 523. The fourth-order valence-corrected chi connectivity index (χ4v) is 7.90. The summed E-state index contributed by atoms with van der Waals surface area (Å²) in [5, 5.41) is 0. The molecule has 260 valence electrons. The van der Waals surface area contributed by atoms with E-state index in [1.54, 1.807) is 0 Å². The molecule has 0 aliphatic heterocycles. The smallest absolute Gasteiger partial charge is 0.0732 e. The van der Waals surface area contributed by atoms with Crippen LogP contribution < -0.4 is 0 Å². The SMILES string of the molecule is CCCCCCCCCCC(C(CC)OC(CC)C(CCCCCCCCCC)N(C(C)C)C(C)C)N(C(C)C)C(C)C. The zero-order valence-electron chi connectivity index (χ0n) is 32.1. The van der Waals surface area contributed by atoms with Crippen LogP contribution in [0.3, 0.4) is 0 Å². The first-order valence-electron chi connectivity index (χ1n) is 19.8. The molecule has 0 bridgehead atoms. The van der Waals surface area contributed by atoms with Crippen LogP contribution in [0.4, 0.5) is 0 Å². The Balaban J connectivity index is 5.69. The molecule has 0 aromatic rings. The molecule has 4 unspecified atom stereocenters. The number of rotatable bonds is 30. The second-order valence-corrected chi connectivity index (χ2v) is 15.0. The second-order valence-electron chi connectivity index (χ2n) is 15.0. The number of unbranched alkanes of at least 4 members (excludes halogenated alkanes) is 14. The van der Waals surface area contributed by atoms with Crippen molar-refractivity contribution in [2.75, 3.05) is 0 Å². The fourth-order valence-electron chi connectivity index (χ4n) is 7.90. The molecule has 0 N–H and O–H groups in total. The van der Waals surface area contributed by atoms with Crippen molar-refractivity contribution in [3.63, 3.8) is 0 Å². The summed E-state index contributed by atoms with van der Waals surface area (Å²) in [4.78, 5) is 5.58. The van der Waals surface area contributed by atoms with Crippen molar-refractivity contribution in [2.24, 2.45) is 0 Å². The van der Waals surface area contributed by atoms with Gasteiger partial charge in [0.15, 0.2) is 0 Å². The van der Waals surface area contributed by atoms with E-state index in [-0.39, 0.29) is 0 Å². The summed E-state index contributed by atoms with van der Waals surface area (Å²) in [6, 6.07) is 3.13. The third-order valence-electron chi connectivity index (χ3n) is 9.87. The Morgan fingerprint density at radius 2 is 0.628 bits per heavy atom. The topological polar surface area (TPSA) is 15.7 Å². The van der Waals surface area contributed by atoms with E-state index in [1.165, 1.54) is 116 Å². The highest BCUT2D eigenvalue weighted by atomic mass is 16.5. The summed E-state index contributed by atoms with van der Waals surface area (Å²) in [6.45, 7) is 28.6. The van der Waals surface area contributed by atoms with Crippen molar-refractivity contribution in [3.05, 3.63) is 0 Å². The third-order valence-corrected chi connectivity index (χ3v) is 9.87. The minimum absolute atomic E-state index is 0.293. The zero-order valence-corrected chi connectivity index (χ0v) is 32.1. The highest BCUT2D eigenvalue weighted by molar-refractivity contribution is 4.89. The van der Waals surface area contributed by atoms with Crippen molar-refractivity contribution in [2.45, 2.75) is 260 Å². The van der Waals surface area contributed by atoms with Gasteiger partial charge in [-0.1, -0.05) is 130 Å². The van der Waals surface area contributed by atoms with Gasteiger partial charge in [-0.25, -0.2) is 0 Å². The molecule has 0 amide bonds. The molecule has 0 spiro atoms. The maximum absolute atomic E-state index is 7.40. The lowest BCUT2D eigenvalue weighted by Crippen LogP contribution is -2.55. The van der Waals surface area contributed by atoms with Gasteiger partial charge in [0, 0.05) is 36.3 Å². The van der Waals surface area contributed by atoms with Gasteiger partial charge in [0.05, 0.1) is 12.2 Å². The summed E-state index contributed by atoms with van der Waals surface area (Å²) < 4.78 is 7.40. The summed E-state index contributed by atoms with van der Waals surface area (Å²) in [7, 11) is 0. The van der Waals surface area contributed by atoms with E-state index >= 15 is 0 Å². The molecule has 0 radical (unpaired) electrons. The van der Waals surface area contributed by atoms with E-state index in [1.807, 2.05) is 0 Å². The van der Waals surface area contributed by atoms with Gasteiger partial charge in [-0.2, -0.15) is 0 Å². The van der Waals surface area contributed by atoms with Gasteiger partial charge in [0.2, 0.25) is 0 Å². The quantitative estimate of drug-likeness (QED) is 0.0754. The summed E-state index contributed by atoms with van der Waals surface area (Å²) in [5.41, 5.74) is 0. The summed E-state index contributed by atoms with van der Waals surface area (Å²) in [5.74, 6) is 0. The molecule has 0 rings (SSSR count). The molecule has 0 aromatic carbocycles. The third kappa shape index (κ3) is 18.6. The van der Waals surface area contributed by atoms with Crippen LogP contribution in [0.2, 0.25) is 0 Å². The van der Waals surface area contributed by atoms with E-state index in [0.29, 0.717) is 48.5 Å². The minimum atomic E-state index is 0.293. The average molecular weight is 609 g/mol. The maximum atomic E-state index is 7.40. The monoisotopic (exact) mass is 609 g/mol. The highest BCUT2D eigenvalue weighted by Gasteiger charge is 2.36. The lowest BCUT2D eigenvalue weighted by Gasteiger charge is -2.46. The summed E-state index contributed by atoms with van der Waals surface area (Å²) in [6.07, 6.45) is 27.5. The molecule has 0 aromatic heterocycles. The van der Waals surface area contributed by atoms with Gasteiger partial charge in [0.1, 0.15) is 0 Å². The Morgan fingerprint density at radius 1 is 0.372 bits per heavy atom. The molecule has 3 heteroatoms. The standard InChI is InChI=1S/C40H84N2O/c1-13-17-19-21-23-25-27-29-31-37(41(33(5)6)34(7)8)39(15-3)43-40(16-4)38(42(35(9)10)36(11)12)32-30-28-26-24-22-20-18-14-2/h33-40H,13-32H2,1-12H3. The Hall–Kier alpha value is -0.120. The van der Waals surface area contributed by atoms with Crippen LogP contribution >= 0.6 is 0 Å². The molecular formula is C40H84N2O. The first kappa shape index (κ1) is 42.9. The van der Waals surface area contributed by atoms with Crippen LogP contribution in [0, 0.1) is 0 Å². The molecule has 0 aliphatic rings. The van der Waals surface area contributed by atoms with Crippen molar-refractivity contribution < 1.29 is 4.74 Å². The Kier molecular flexibility index (Phi) is 27.0. The predicted molar refractivity (Wildman–Crippen MR) is 195 cm³/mol. The molecule has 4 atom stereocenters. The molecule has 3 nitrogen and oxygen atoms in total. The van der Waals surface area contributed by atoms with Gasteiger partial charge < -0.3 is 4.74 Å². The van der Waals surface area contributed by atoms with Crippen LogP contribution in [0.5, 0.6) is 0 Å². The normalized spacial score (nSPS) is 15.5. The van der Waals surface area contributed by atoms with Gasteiger partial charge in [-0.15, -0.1) is 0 Å². The average Bonchev–Trinajstić information content (AvgIpc) is 2.94. The number of nitrogens with zero attached hydrogens (tertiary/aromatic N) is 2. The van der Waals surface area contributed by atoms with Crippen LogP contribution in [-0.4, -0.2) is 58.3 Å². The Morgan fingerprint density at radius 3 is 0.860 bits per heavy atom. The van der Waals surface area contributed by atoms with Crippen LogP contribution in [0.1, 0.15) is 212 Å². The highest BCUT2D eigenvalue weighted by Crippen LogP contribution is 2.29. The summed E-state index contributed by atoms with van der Waals surface area (Å²) >= 11 is 0. The van der Waals surface area contributed by atoms with Crippen molar-refractivity contribution in [3.8, 4) is 0 Å². The van der Waals surface area contributed by atoms with Crippen molar-refractivity contribution >= 4 is 0 Å². The molecule has 0 fully saturated rings. The van der Waals surface area contributed by atoms with Gasteiger partial charge >= 0.3 is 0 Å². The second kappa shape index (κ2) is 27.0. The van der Waals surface area contributed by atoms with Crippen molar-refractivity contribution in [1.82, 2.24) is 9.80 Å². The first-order chi connectivity index (χ1) is 20.6. The lowest BCUT2D eigenvalue weighted by atomic mass is 9.93. The van der Waals surface area contributed by atoms with Crippen molar-refractivity contribution in [1.29, 1.82) is 0 Å². The van der Waals surface area contributed by atoms with Gasteiger partial charge in [-0.05, 0) is 81.1 Å².